The van der Waals surface area contributed by atoms with Crippen LogP contribution in [0.5, 0.6) is 0 Å². The molecule has 1 aliphatic heterocycles. The van der Waals surface area contributed by atoms with Gasteiger partial charge in [0.1, 0.15) is 0 Å². The molecule has 0 bridgehead atoms. The fourth-order valence-electron chi connectivity index (χ4n) is 2.31. The molecule has 1 fully saturated rings. The predicted molar refractivity (Wildman–Crippen MR) is 72.0 cm³/mol. The molecule has 1 aromatic rings. The minimum absolute atomic E-state index is 0.178. The minimum atomic E-state index is -0.750. The van der Waals surface area contributed by atoms with E-state index in [-0.39, 0.29) is 6.42 Å². The van der Waals surface area contributed by atoms with E-state index < -0.39 is 5.97 Å². The highest BCUT2D eigenvalue weighted by molar-refractivity contribution is 7.09. The van der Waals surface area contributed by atoms with Crippen molar-refractivity contribution in [3.63, 3.8) is 0 Å². The van der Waals surface area contributed by atoms with Crippen LogP contribution >= 0.6 is 11.3 Å². The molecule has 5 heteroatoms. The Bertz CT molecular complexity index is 397. The average Bonchev–Trinajstić information content (AvgIpc) is 2.77. The normalized spacial score (nSPS) is 18.1. The molecule has 0 aliphatic carbocycles. The number of rotatable bonds is 5. The molecule has 1 saturated heterocycles. The number of hydrogen-bond acceptors (Lipinski definition) is 4. The third-order valence-electron chi connectivity index (χ3n) is 3.50. The molecule has 4 nitrogen and oxygen atoms in total. The SMILES string of the molecule is CN1CCC(Cc2nc(CCC(=O)O)cs2)CC1. The van der Waals surface area contributed by atoms with E-state index in [0.717, 1.165) is 18.0 Å². The standard InChI is InChI=1S/C13H20N2O2S/c1-15-6-4-10(5-7-15)8-12-14-11(9-18-12)2-3-13(16)17/h9-10H,2-8H2,1H3,(H,16,17). The number of nitrogens with zero attached hydrogens (tertiary/aromatic N) is 2. The Morgan fingerprint density at radius 3 is 2.94 bits per heavy atom. The highest BCUT2D eigenvalue weighted by atomic mass is 32.1. The van der Waals surface area contributed by atoms with Gasteiger partial charge in [-0.2, -0.15) is 0 Å². The number of aromatic nitrogens is 1. The quantitative estimate of drug-likeness (QED) is 0.888. The van der Waals surface area contributed by atoms with E-state index in [4.69, 9.17) is 5.11 Å². The van der Waals surface area contributed by atoms with Crippen molar-refractivity contribution in [1.29, 1.82) is 0 Å². The molecule has 2 rings (SSSR count). The second kappa shape index (κ2) is 6.29. The summed E-state index contributed by atoms with van der Waals surface area (Å²) in [6.45, 7) is 2.36. The lowest BCUT2D eigenvalue weighted by molar-refractivity contribution is -0.136. The average molecular weight is 268 g/mol. The number of likely N-dealkylation sites (tertiary alicyclic amines) is 1. The van der Waals surface area contributed by atoms with Crippen LogP contribution in [0.2, 0.25) is 0 Å². The van der Waals surface area contributed by atoms with Gasteiger partial charge in [0.25, 0.3) is 0 Å². The van der Waals surface area contributed by atoms with Crippen LogP contribution in [0.4, 0.5) is 0 Å². The lowest BCUT2D eigenvalue weighted by Crippen LogP contribution is -2.30. The van der Waals surface area contributed by atoms with Crippen LogP contribution in [0.3, 0.4) is 0 Å². The van der Waals surface area contributed by atoms with Gasteiger partial charge in [-0.1, -0.05) is 0 Å². The number of carboxylic acid groups (broad SMARTS) is 1. The Kier molecular flexibility index (Phi) is 4.72. The molecule has 0 saturated carbocycles. The van der Waals surface area contributed by atoms with Crippen molar-refractivity contribution < 1.29 is 9.90 Å². The first-order chi connectivity index (χ1) is 8.63. The molecular weight excluding hydrogens is 248 g/mol. The van der Waals surface area contributed by atoms with Crippen LogP contribution in [-0.2, 0) is 17.6 Å². The molecular formula is C13H20N2O2S. The summed E-state index contributed by atoms with van der Waals surface area (Å²) in [5.41, 5.74) is 0.935. The topological polar surface area (TPSA) is 53.4 Å². The van der Waals surface area contributed by atoms with E-state index in [9.17, 15) is 4.79 Å². The Hall–Kier alpha value is -0.940. The van der Waals surface area contributed by atoms with Crippen LogP contribution in [0.15, 0.2) is 5.38 Å². The van der Waals surface area contributed by atoms with Gasteiger partial charge in [0.2, 0.25) is 0 Å². The van der Waals surface area contributed by atoms with Gasteiger partial charge in [0, 0.05) is 18.2 Å². The molecule has 1 aromatic heterocycles. The van der Waals surface area contributed by atoms with Crippen molar-refractivity contribution in [3.05, 3.63) is 16.1 Å². The molecule has 0 unspecified atom stereocenters. The maximum Gasteiger partial charge on any atom is 0.303 e. The van der Waals surface area contributed by atoms with E-state index in [2.05, 4.69) is 16.9 Å². The first-order valence-electron chi connectivity index (χ1n) is 6.47. The van der Waals surface area contributed by atoms with E-state index in [1.807, 2.05) is 5.38 Å². The van der Waals surface area contributed by atoms with Crippen molar-refractivity contribution in [2.45, 2.75) is 32.1 Å². The summed E-state index contributed by atoms with van der Waals surface area (Å²) < 4.78 is 0. The minimum Gasteiger partial charge on any atom is -0.481 e. The number of carbonyl (C=O) groups is 1. The summed E-state index contributed by atoms with van der Waals surface area (Å²) in [6, 6.07) is 0. The van der Waals surface area contributed by atoms with Crippen LogP contribution in [0.1, 0.15) is 30.0 Å². The molecule has 1 aliphatic rings. The largest absolute Gasteiger partial charge is 0.481 e. The van der Waals surface area contributed by atoms with Gasteiger partial charge in [-0.3, -0.25) is 4.79 Å². The molecule has 0 radical (unpaired) electrons. The Balaban J connectivity index is 1.81. The first-order valence-corrected chi connectivity index (χ1v) is 7.35. The molecule has 1 N–H and O–H groups in total. The summed E-state index contributed by atoms with van der Waals surface area (Å²) in [5, 5.41) is 11.8. The molecule has 2 heterocycles. The van der Waals surface area contributed by atoms with Crippen LogP contribution < -0.4 is 0 Å². The highest BCUT2D eigenvalue weighted by Crippen LogP contribution is 2.23. The third kappa shape index (κ3) is 4.07. The lowest BCUT2D eigenvalue weighted by Gasteiger charge is -2.28. The molecule has 0 amide bonds. The third-order valence-corrected chi connectivity index (χ3v) is 4.42. The van der Waals surface area contributed by atoms with Gasteiger partial charge in [-0.15, -0.1) is 11.3 Å². The predicted octanol–water partition coefficient (Wildman–Crippen LogP) is 2.04. The number of aryl methyl sites for hydroxylation is 1. The van der Waals surface area contributed by atoms with Gasteiger partial charge in [0.15, 0.2) is 0 Å². The zero-order chi connectivity index (χ0) is 13.0. The van der Waals surface area contributed by atoms with Gasteiger partial charge in [0.05, 0.1) is 17.1 Å². The van der Waals surface area contributed by atoms with E-state index in [1.54, 1.807) is 11.3 Å². The summed E-state index contributed by atoms with van der Waals surface area (Å²) in [6.07, 6.45) is 4.29. The number of aliphatic carboxylic acids is 1. The summed E-state index contributed by atoms with van der Waals surface area (Å²) in [7, 11) is 2.17. The van der Waals surface area contributed by atoms with Crippen molar-refractivity contribution >= 4 is 17.3 Å². The maximum absolute atomic E-state index is 10.5. The van der Waals surface area contributed by atoms with Crippen molar-refractivity contribution in [3.8, 4) is 0 Å². The number of piperidine rings is 1. The zero-order valence-electron chi connectivity index (χ0n) is 10.8. The summed E-state index contributed by atoms with van der Waals surface area (Å²) >= 11 is 1.68. The lowest BCUT2D eigenvalue weighted by atomic mass is 9.94. The fourth-order valence-corrected chi connectivity index (χ4v) is 3.25. The molecule has 18 heavy (non-hydrogen) atoms. The first kappa shape index (κ1) is 13.5. The summed E-state index contributed by atoms with van der Waals surface area (Å²) in [4.78, 5) is 17.4. The monoisotopic (exact) mass is 268 g/mol. The number of hydrogen-bond donors (Lipinski definition) is 1. The van der Waals surface area contributed by atoms with Crippen molar-refractivity contribution in [2.24, 2.45) is 5.92 Å². The van der Waals surface area contributed by atoms with Gasteiger partial charge in [-0.25, -0.2) is 4.98 Å². The molecule has 0 aromatic carbocycles. The Morgan fingerprint density at radius 2 is 2.28 bits per heavy atom. The fraction of sp³-hybridized carbons (Fsp3) is 0.692. The number of carboxylic acids is 1. The van der Waals surface area contributed by atoms with Gasteiger partial charge in [-0.05, 0) is 38.9 Å². The van der Waals surface area contributed by atoms with Gasteiger partial charge >= 0.3 is 5.97 Å². The van der Waals surface area contributed by atoms with Crippen molar-refractivity contribution in [2.75, 3.05) is 20.1 Å². The van der Waals surface area contributed by atoms with E-state index in [1.165, 1.54) is 30.9 Å². The summed E-state index contributed by atoms with van der Waals surface area (Å²) in [5.74, 6) is -0.000425. The Morgan fingerprint density at radius 1 is 1.56 bits per heavy atom. The van der Waals surface area contributed by atoms with E-state index >= 15 is 0 Å². The Labute approximate surface area is 112 Å². The molecule has 0 atom stereocenters. The van der Waals surface area contributed by atoms with Crippen LogP contribution in [-0.4, -0.2) is 41.1 Å². The molecule has 0 spiro atoms. The second-order valence-electron chi connectivity index (χ2n) is 5.08. The smallest absolute Gasteiger partial charge is 0.303 e. The highest BCUT2D eigenvalue weighted by Gasteiger charge is 2.18. The van der Waals surface area contributed by atoms with E-state index in [0.29, 0.717) is 6.42 Å². The van der Waals surface area contributed by atoms with Gasteiger partial charge < -0.3 is 10.0 Å². The van der Waals surface area contributed by atoms with Crippen LogP contribution in [0.25, 0.3) is 0 Å². The number of thiazole rings is 1. The van der Waals surface area contributed by atoms with Crippen molar-refractivity contribution in [1.82, 2.24) is 9.88 Å². The molecule has 100 valence electrons. The zero-order valence-corrected chi connectivity index (χ0v) is 11.6. The van der Waals surface area contributed by atoms with Crippen LogP contribution in [0, 0.1) is 5.92 Å². The maximum atomic E-state index is 10.5. The second-order valence-corrected chi connectivity index (χ2v) is 6.02.